The molecule has 0 unspecified atom stereocenters. The summed E-state index contributed by atoms with van der Waals surface area (Å²) in [6.07, 6.45) is 1.28. The largest absolute Gasteiger partial charge is 0.325 e. The van der Waals surface area contributed by atoms with Crippen LogP contribution >= 0.6 is 15.9 Å². The summed E-state index contributed by atoms with van der Waals surface area (Å²) in [4.78, 5) is 13.0. The van der Waals surface area contributed by atoms with Gasteiger partial charge in [-0.25, -0.2) is 8.42 Å². The number of sulfonamides is 1. The zero-order valence-electron chi connectivity index (χ0n) is 17.3. The summed E-state index contributed by atoms with van der Waals surface area (Å²) in [6, 6.07) is 23.6. The standard InChI is InChI=1S/C24H25BrN2O3S/c1-2-20-10-6-7-11-23(20)26-24(28)18-27(17-16-19-8-4-3-5-9-19)31(29,30)22-14-12-21(25)13-15-22/h3-15H,2,16-18H2,1H3,(H,26,28). The second kappa shape index (κ2) is 10.7. The lowest BCUT2D eigenvalue weighted by Crippen LogP contribution is -2.39. The molecule has 162 valence electrons. The van der Waals surface area contributed by atoms with E-state index in [9.17, 15) is 13.2 Å². The number of benzene rings is 3. The predicted molar refractivity (Wildman–Crippen MR) is 127 cm³/mol. The molecule has 5 nitrogen and oxygen atoms in total. The molecule has 1 N–H and O–H groups in total. The van der Waals surface area contributed by atoms with Crippen LogP contribution in [0.3, 0.4) is 0 Å². The fourth-order valence-corrected chi connectivity index (χ4v) is 4.90. The molecule has 0 bridgehead atoms. The fraction of sp³-hybridized carbons (Fsp3) is 0.208. The van der Waals surface area contributed by atoms with Crippen molar-refractivity contribution in [2.75, 3.05) is 18.4 Å². The van der Waals surface area contributed by atoms with Gasteiger partial charge in [0.25, 0.3) is 0 Å². The van der Waals surface area contributed by atoms with E-state index in [0.717, 1.165) is 22.0 Å². The number of nitrogens with one attached hydrogen (secondary N) is 1. The van der Waals surface area contributed by atoms with E-state index < -0.39 is 10.0 Å². The lowest BCUT2D eigenvalue weighted by molar-refractivity contribution is -0.116. The second-order valence-electron chi connectivity index (χ2n) is 7.09. The molecule has 3 aromatic rings. The van der Waals surface area contributed by atoms with Crippen LogP contribution in [0, 0.1) is 0 Å². The molecule has 0 aliphatic heterocycles. The third-order valence-corrected chi connectivity index (χ3v) is 7.32. The molecule has 0 aliphatic carbocycles. The van der Waals surface area contributed by atoms with E-state index in [1.165, 1.54) is 4.31 Å². The fourth-order valence-electron chi connectivity index (χ4n) is 3.24. The number of rotatable bonds is 9. The average molecular weight is 501 g/mol. The van der Waals surface area contributed by atoms with Crippen molar-refractivity contribution in [2.24, 2.45) is 0 Å². The van der Waals surface area contributed by atoms with Crippen LogP contribution in [0.15, 0.2) is 88.2 Å². The molecular weight excluding hydrogens is 476 g/mol. The molecule has 0 spiro atoms. The van der Waals surface area contributed by atoms with Gasteiger partial charge in [0.15, 0.2) is 0 Å². The number of anilines is 1. The molecule has 0 atom stereocenters. The second-order valence-corrected chi connectivity index (χ2v) is 9.94. The molecule has 0 fully saturated rings. The summed E-state index contributed by atoms with van der Waals surface area (Å²) < 4.78 is 28.6. The Morgan fingerprint density at radius 3 is 2.26 bits per heavy atom. The molecule has 0 aliphatic rings. The molecule has 3 rings (SSSR count). The van der Waals surface area contributed by atoms with Crippen molar-refractivity contribution in [3.8, 4) is 0 Å². The quantitative estimate of drug-likeness (QED) is 0.455. The van der Waals surface area contributed by atoms with Crippen molar-refractivity contribution >= 4 is 37.5 Å². The molecule has 1 amide bonds. The highest BCUT2D eigenvalue weighted by molar-refractivity contribution is 9.10. The van der Waals surface area contributed by atoms with Crippen molar-refractivity contribution in [3.63, 3.8) is 0 Å². The summed E-state index contributed by atoms with van der Waals surface area (Å²) in [5.41, 5.74) is 2.72. The Morgan fingerprint density at radius 2 is 1.58 bits per heavy atom. The summed E-state index contributed by atoms with van der Waals surface area (Å²) in [7, 11) is -3.84. The van der Waals surface area contributed by atoms with Gasteiger partial charge in [0.1, 0.15) is 0 Å². The monoisotopic (exact) mass is 500 g/mol. The summed E-state index contributed by atoms with van der Waals surface area (Å²) in [6.45, 7) is 1.95. The van der Waals surface area contributed by atoms with E-state index in [2.05, 4.69) is 21.2 Å². The number of carbonyl (C=O) groups excluding carboxylic acids is 1. The van der Waals surface area contributed by atoms with Crippen molar-refractivity contribution in [3.05, 3.63) is 94.5 Å². The van der Waals surface area contributed by atoms with Crippen molar-refractivity contribution in [1.82, 2.24) is 4.31 Å². The lowest BCUT2D eigenvalue weighted by atomic mass is 10.1. The van der Waals surface area contributed by atoms with Crippen LogP contribution in [0.25, 0.3) is 0 Å². The Balaban J connectivity index is 1.82. The van der Waals surface area contributed by atoms with E-state index in [1.807, 2.05) is 61.5 Å². The zero-order valence-corrected chi connectivity index (χ0v) is 19.7. The normalized spacial score (nSPS) is 11.5. The van der Waals surface area contributed by atoms with E-state index in [1.54, 1.807) is 24.3 Å². The number of para-hydroxylation sites is 1. The molecule has 31 heavy (non-hydrogen) atoms. The van der Waals surface area contributed by atoms with Crippen LogP contribution in [-0.2, 0) is 27.7 Å². The van der Waals surface area contributed by atoms with Gasteiger partial charge in [-0.05, 0) is 54.3 Å². The Bertz CT molecular complexity index is 1120. The SMILES string of the molecule is CCc1ccccc1NC(=O)CN(CCc1ccccc1)S(=O)(=O)c1ccc(Br)cc1. The summed E-state index contributed by atoms with van der Waals surface area (Å²) in [5, 5.41) is 2.87. The van der Waals surface area contributed by atoms with E-state index in [4.69, 9.17) is 0 Å². The first-order valence-corrected chi connectivity index (χ1v) is 12.3. The van der Waals surface area contributed by atoms with E-state index in [-0.39, 0.29) is 23.9 Å². The van der Waals surface area contributed by atoms with Gasteiger partial charge in [0.05, 0.1) is 11.4 Å². The van der Waals surface area contributed by atoms with E-state index >= 15 is 0 Å². The van der Waals surface area contributed by atoms with Gasteiger partial charge >= 0.3 is 0 Å². The first-order valence-electron chi connectivity index (χ1n) is 10.1. The first kappa shape index (κ1) is 23.2. The van der Waals surface area contributed by atoms with Gasteiger partial charge in [0.2, 0.25) is 15.9 Å². The maximum atomic E-state index is 13.3. The van der Waals surface area contributed by atoms with Crippen LogP contribution in [0.5, 0.6) is 0 Å². The number of carbonyl (C=O) groups is 1. The third-order valence-electron chi connectivity index (χ3n) is 4.94. The minimum absolute atomic E-state index is 0.158. The van der Waals surface area contributed by atoms with Crippen LogP contribution in [0.2, 0.25) is 0 Å². The van der Waals surface area contributed by atoms with Gasteiger partial charge in [-0.1, -0.05) is 71.4 Å². The Hall–Kier alpha value is -2.48. The maximum Gasteiger partial charge on any atom is 0.243 e. The molecule has 0 radical (unpaired) electrons. The molecule has 0 aromatic heterocycles. The molecule has 7 heteroatoms. The number of halogens is 1. The highest BCUT2D eigenvalue weighted by atomic mass is 79.9. The Kier molecular flexibility index (Phi) is 8.01. The summed E-state index contributed by atoms with van der Waals surface area (Å²) >= 11 is 3.33. The van der Waals surface area contributed by atoms with Crippen LogP contribution in [0.1, 0.15) is 18.1 Å². The molecule has 0 saturated heterocycles. The number of aryl methyl sites for hydroxylation is 1. The first-order chi connectivity index (χ1) is 14.9. The third kappa shape index (κ3) is 6.26. The molecule has 3 aromatic carbocycles. The molecule has 0 saturated carbocycles. The zero-order chi connectivity index (χ0) is 22.3. The predicted octanol–water partition coefficient (Wildman–Crippen LogP) is 4.88. The van der Waals surface area contributed by atoms with Crippen molar-refractivity contribution in [2.45, 2.75) is 24.7 Å². The molecular formula is C24H25BrN2O3S. The van der Waals surface area contributed by atoms with Crippen LogP contribution < -0.4 is 5.32 Å². The van der Waals surface area contributed by atoms with Gasteiger partial charge < -0.3 is 5.32 Å². The van der Waals surface area contributed by atoms with Crippen LogP contribution in [-0.4, -0.2) is 31.7 Å². The van der Waals surface area contributed by atoms with Crippen molar-refractivity contribution in [1.29, 1.82) is 0 Å². The number of amides is 1. The van der Waals surface area contributed by atoms with Gasteiger partial charge in [0, 0.05) is 16.7 Å². The smallest absolute Gasteiger partial charge is 0.243 e. The number of hydrogen-bond donors (Lipinski definition) is 1. The van der Waals surface area contributed by atoms with Gasteiger partial charge in [-0.2, -0.15) is 4.31 Å². The van der Waals surface area contributed by atoms with Gasteiger partial charge in [-0.15, -0.1) is 0 Å². The molecule has 0 heterocycles. The highest BCUT2D eigenvalue weighted by Crippen LogP contribution is 2.20. The Labute approximate surface area is 192 Å². The Morgan fingerprint density at radius 1 is 0.935 bits per heavy atom. The number of hydrogen-bond acceptors (Lipinski definition) is 3. The topological polar surface area (TPSA) is 66.5 Å². The highest BCUT2D eigenvalue weighted by Gasteiger charge is 2.26. The van der Waals surface area contributed by atoms with Crippen molar-refractivity contribution < 1.29 is 13.2 Å². The number of nitrogens with zero attached hydrogens (tertiary/aromatic N) is 1. The van der Waals surface area contributed by atoms with Gasteiger partial charge in [-0.3, -0.25) is 4.79 Å². The minimum Gasteiger partial charge on any atom is -0.325 e. The van der Waals surface area contributed by atoms with Crippen LogP contribution in [0.4, 0.5) is 5.69 Å². The lowest BCUT2D eigenvalue weighted by Gasteiger charge is -2.22. The van der Waals surface area contributed by atoms with E-state index in [0.29, 0.717) is 12.1 Å². The average Bonchev–Trinajstić information content (AvgIpc) is 2.78. The maximum absolute atomic E-state index is 13.3. The summed E-state index contributed by atoms with van der Waals surface area (Å²) in [5.74, 6) is -0.366. The minimum atomic E-state index is -3.84.